The molecule has 1 N–H and O–H groups in total. The summed E-state index contributed by atoms with van der Waals surface area (Å²) in [5, 5.41) is 4.81. The Bertz CT molecular complexity index is 669. The summed E-state index contributed by atoms with van der Waals surface area (Å²) < 4.78 is 19.0. The van der Waals surface area contributed by atoms with Crippen molar-refractivity contribution in [2.24, 2.45) is 5.10 Å². The van der Waals surface area contributed by atoms with Gasteiger partial charge in [-0.1, -0.05) is 32.9 Å². The normalized spacial score (nSPS) is 12.7. The summed E-state index contributed by atoms with van der Waals surface area (Å²) >= 11 is 0. The highest BCUT2D eigenvalue weighted by molar-refractivity contribution is 6.31. The zero-order chi connectivity index (χ0) is 18.1. The SMILES string of the molecule is CC(C)(C)[SiH2]OCCN/N=C(\Cc1ccncc1)c1ccc(F)cc1. The number of hydrogen-bond donors (Lipinski definition) is 1. The molecule has 0 radical (unpaired) electrons. The molecule has 1 heterocycles. The number of hydrazone groups is 1. The molecule has 0 bridgehead atoms. The van der Waals surface area contributed by atoms with Gasteiger partial charge in [0.2, 0.25) is 0 Å². The standard InChI is InChI=1S/C19H26FN3OSi/c1-19(2,3)25-24-13-12-22-23-18(14-15-8-10-21-11-9-15)16-4-6-17(20)7-5-16/h4-11,22H,12-14,25H2,1-3H3/b23-18+. The van der Waals surface area contributed by atoms with Crippen molar-refractivity contribution in [2.45, 2.75) is 32.2 Å². The minimum absolute atomic E-state index is 0.250. The van der Waals surface area contributed by atoms with Crippen LogP contribution in [0.2, 0.25) is 5.04 Å². The lowest BCUT2D eigenvalue weighted by molar-refractivity contribution is 0.318. The molecule has 0 saturated carbocycles. The van der Waals surface area contributed by atoms with Gasteiger partial charge in [-0.25, -0.2) is 4.39 Å². The van der Waals surface area contributed by atoms with Crippen LogP contribution in [-0.2, 0) is 10.8 Å². The summed E-state index contributed by atoms with van der Waals surface area (Å²) in [5.41, 5.74) is 5.95. The smallest absolute Gasteiger partial charge is 0.166 e. The van der Waals surface area contributed by atoms with Crippen LogP contribution < -0.4 is 5.43 Å². The first kappa shape index (κ1) is 19.3. The van der Waals surface area contributed by atoms with E-state index in [0.29, 0.717) is 24.6 Å². The zero-order valence-electron chi connectivity index (χ0n) is 15.1. The summed E-state index contributed by atoms with van der Waals surface area (Å²) in [6.45, 7) is 7.91. The summed E-state index contributed by atoms with van der Waals surface area (Å²) in [6, 6.07) is 10.3. The van der Waals surface area contributed by atoms with E-state index in [1.807, 2.05) is 12.1 Å². The highest BCUT2D eigenvalue weighted by Crippen LogP contribution is 2.19. The molecule has 0 atom stereocenters. The van der Waals surface area contributed by atoms with Gasteiger partial charge >= 0.3 is 0 Å². The molecule has 0 saturated heterocycles. The average molecular weight is 360 g/mol. The third-order valence-corrected chi connectivity index (χ3v) is 4.76. The number of halogens is 1. The second-order valence-electron chi connectivity index (χ2n) is 7.12. The third kappa shape index (κ3) is 7.58. The number of benzene rings is 1. The fourth-order valence-electron chi connectivity index (χ4n) is 2.19. The van der Waals surface area contributed by atoms with E-state index in [0.717, 1.165) is 16.8 Å². The molecular weight excluding hydrogens is 333 g/mol. The highest BCUT2D eigenvalue weighted by Gasteiger charge is 2.11. The van der Waals surface area contributed by atoms with Crippen molar-refractivity contribution >= 4 is 15.5 Å². The largest absolute Gasteiger partial charge is 0.422 e. The molecule has 25 heavy (non-hydrogen) atoms. The van der Waals surface area contributed by atoms with Gasteiger partial charge in [0.25, 0.3) is 0 Å². The van der Waals surface area contributed by atoms with Crippen LogP contribution in [0, 0.1) is 5.82 Å². The molecule has 2 rings (SSSR count). The Kier molecular flexibility index (Phi) is 7.27. The molecule has 0 aliphatic rings. The minimum Gasteiger partial charge on any atom is -0.422 e. The maximum absolute atomic E-state index is 13.2. The van der Waals surface area contributed by atoms with Crippen LogP contribution in [0.3, 0.4) is 0 Å². The Balaban J connectivity index is 1.97. The van der Waals surface area contributed by atoms with Gasteiger partial charge in [0.1, 0.15) is 5.82 Å². The van der Waals surface area contributed by atoms with Crippen molar-refractivity contribution in [3.8, 4) is 0 Å². The second kappa shape index (κ2) is 9.44. The Morgan fingerprint density at radius 1 is 1.16 bits per heavy atom. The number of pyridine rings is 1. The van der Waals surface area contributed by atoms with E-state index in [9.17, 15) is 4.39 Å². The first-order valence-electron chi connectivity index (χ1n) is 8.46. The molecule has 134 valence electrons. The molecule has 0 unspecified atom stereocenters. The summed E-state index contributed by atoms with van der Waals surface area (Å²) in [4.78, 5) is 4.03. The molecule has 0 aliphatic heterocycles. The molecule has 0 amide bonds. The van der Waals surface area contributed by atoms with Gasteiger partial charge < -0.3 is 9.85 Å². The van der Waals surface area contributed by atoms with Gasteiger partial charge in [-0.2, -0.15) is 5.10 Å². The van der Waals surface area contributed by atoms with Crippen molar-refractivity contribution in [2.75, 3.05) is 13.2 Å². The Hall–Kier alpha value is -2.05. The number of hydrogen-bond acceptors (Lipinski definition) is 4. The van der Waals surface area contributed by atoms with Gasteiger partial charge in [-0.3, -0.25) is 4.98 Å². The third-order valence-electron chi connectivity index (χ3n) is 3.41. The quantitative estimate of drug-likeness (QED) is 0.341. The molecule has 0 fully saturated rings. The van der Waals surface area contributed by atoms with Gasteiger partial charge in [0.05, 0.1) is 18.9 Å². The van der Waals surface area contributed by atoms with Gasteiger partial charge in [0, 0.05) is 18.8 Å². The monoisotopic (exact) mass is 359 g/mol. The predicted octanol–water partition coefficient (Wildman–Crippen LogP) is 3.08. The van der Waals surface area contributed by atoms with Crippen LogP contribution in [0.15, 0.2) is 53.9 Å². The minimum atomic E-state index is -0.537. The maximum atomic E-state index is 13.2. The molecule has 4 nitrogen and oxygen atoms in total. The summed E-state index contributed by atoms with van der Waals surface area (Å²) in [5.74, 6) is -0.250. The Morgan fingerprint density at radius 3 is 2.48 bits per heavy atom. The van der Waals surface area contributed by atoms with Crippen LogP contribution in [0.5, 0.6) is 0 Å². The number of nitrogens with zero attached hydrogens (tertiary/aromatic N) is 2. The van der Waals surface area contributed by atoms with Gasteiger partial charge in [-0.05, 0) is 40.4 Å². The molecule has 1 aromatic carbocycles. The topological polar surface area (TPSA) is 46.5 Å². The average Bonchev–Trinajstić information content (AvgIpc) is 2.57. The number of aromatic nitrogens is 1. The van der Waals surface area contributed by atoms with Crippen LogP contribution in [-0.4, -0.2) is 33.6 Å². The van der Waals surface area contributed by atoms with E-state index in [1.54, 1.807) is 24.5 Å². The Labute approximate surface area is 151 Å². The van der Waals surface area contributed by atoms with E-state index < -0.39 is 9.76 Å². The number of nitrogens with one attached hydrogen (secondary N) is 1. The molecule has 2 aromatic rings. The number of rotatable bonds is 8. The van der Waals surface area contributed by atoms with Crippen molar-refractivity contribution in [1.82, 2.24) is 10.4 Å². The van der Waals surface area contributed by atoms with Crippen LogP contribution in [0.1, 0.15) is 31.9 Å². The van der Waals surface area contributed by atoms with E-state index in [4.69, 9.17) is 4.43 Å². The fraction of sp³-hybridized carbons (Fsp3) is 0.368. The van der Waals surface area contributed by atoms with E-state index in [2.05, 4.69) is 36.3 Å². The zero-order valence-corrected chi connectivity index (χ0v) is 16.5. The van der Waals surface area contributed by atoms with E-state index >= 15 is 0 Å². The van der Waals surface area contributed by atoms with Crippen molar-refractivity contribution in [3.63, 3.8) is 0 Å². The highest BCUT2D eigenvalue weighted by atomic mass is 28.2. The molecule has 0 spiro atoms. The molecular formula is C19H26FN3OSi. The summed E-state index contributed by atoms with van der Waals surface area (Å²) in [7, 11) is -0.537. The van der Waals surface area contributed by atoms with Crippen LogP contribution in [0.4, 0.5) is 4.39 Å². The van der Waals surface area contributed by atoms with Crippen molar-refractivity contribution < 1.29 is 8.82 Å². The van der Waals surface area contributed by atoms with E-state index in [1.165, 1.54) is 12.1 Å². The molecule has 1 aromatic heterocycles. The predicted molar refractivity (Wildman–Crippen MR) is 103 cm³/mol. The van der Waals surface area contributed by atoms with Crippen LogP contribution >= 0.6 is 0 Å². The maximum Gasteiger partial charge on any atom is 0.166 e. The Morgan fingerprint density at radius 2 is 1.84 bits per heavy atom. The lowest BCUT2D eigenvalue weighted by Gasteiger charge is -2.17. The lowest BCUT2D eigenvalue weighted by Crippen LogP contribution is -2.21. The van der Waals surface area contributed by atoms with Crippen molar-refractivity contribution in [1.29, 1.82) is 0 Å². The molecule has 0 aliphatic carbocycles. The van der Waals surface area contributed by atoms with E-state index in [-0.39, 0.29) is 5.82 Å². The molecule has 6 heteroatoms. The van der Waals surface area contributed by atoms with Gasteiger partial charge in [-0.15, -0.1) is 0 Å². The fourth-order valence-corrected chi connectivity index (χ4v) is 3.09. The lowest BCUT2D eigenvalue weighted by atomic mass is 10.0. The first-order chi connectivity index (χ1) is 11.9. The van der Waals surface area contributed by atoms with Gasteiger partial charge in [0.15, 0.2) is 9.76 Å². The second-order valence-corrected chi connectivity index (χ2v) is 9.94. The van der Waals surface area contributed by atoms with Crippen LogP contribution in [0.25, 0.3) is 0 Å². The van der Waals surface area contributed by atoms with Crippen molar-refractivity contribution in [3.05, 3.63) is 65.7 Å². The first-order valence-corrected chi connectivity index (χ1v) is 9.74. The summed E-state index contributed by atoms with van der Waals surface area (Å²) in [6.07, 6.45) is 4.17.